The Morgan fingerprint density at radius 1 is 1.24 bits per heavy atom. The minimum absolute atomic E-state index is 0.0732. The van der Waals surface area contributed by atoms with Crippen molar-refractivity contribution in [2.45, 2.75) is 59.8 Å². The molecule has 0 aliphatic heterocycles. The Kier molecular flexibility index (Phi) is 7.37. The molecule has 0 aliphatic rings. The molecule has 0 saturated heterocycles. The van der Waals surface area contributed by atoms with Gasteiger partial charge >= 0.3 is 0 Å². The van der Waals surface area contributed by atoms with Crippen molar-refractivity contribution in [2.24, 2.45) is 0 Å². The van der Waals surface area contributed by atoms with Crippen LogP contribution < -0.4 is 5.32 Å². The van der Waals surface area contributed by atoms with Crippen molar-refractivity contribution in [3.05, 3.63) is 28.7 Å². The van der Waals surface area contributed by atoms with E-state index >= 15 is 0 Å². The van der Waals surface area contributed by atoms with Crippen molar-refractivity contribution < 1.29 is 9.53 Å². The van der Waals surface area contributed by atoms with Crippen LogP contribution in [0.15, 0.2) is 6.07 Å². The normalized spacial score (nSPS) is 11.2. The molecule has 0 spiro atoms. The number of aromatic nitrogens is 3. The molecule has 1 N–H and O–H groups in total. The second-order valence-electron chi connectivity index (χ2n) is 6.49. The molecule has 0 saturated carbocycles. The van der Waals surface area contributed by atoms with Crippen LogP contribution >= 0.6 is 0 Å². The van der Waals surface area contributed by atoms with Gasteiger partial charge < -0.3 is 10.1 Å². The van der Waals surface area contributed by atoms with Gasteiger partial charge in [0, 0.05) is 43.6 Å². The summed E-state index contributed by atoms with van der Waals surface area (Å²) < 4.78 is 7.35. The van der Waals surface area contributed by atoms with E-state index in [4.69, 9.17) is 4.74 Å². The Morgan fingerprint density at radius 3 is 2.76 bits per heavy atom. The van der Waals surface area contributed by atoms with Crippen molar-refractivity contribution in [1.82, 2.24) is 19.9 Å². The summed E-state index contributed by atoms with van der Waals surface area (Å²) in [6.07, 6.45) is 4.24. The Balaban J connectivity index is 1.79. The van der Waals surface area contributed by atoms with Crippen molar-refractivity contribution in [3.63, 3.8) is 0 Å². The smallest absolute Gasteiger partial charge is 0.220 e. The number of amides is 1. The van der Waals surface area contributed by atoms with Gasteiger partial charge in [0.2, 0.25) is 5.91 Å². The van der Waals surface area contributed by atoms with Crippen LogP contribution in [0.3, 0.4) is 0 Å². The molecule has 0 fully saturated rings. The predicted octanol–water partition coefficient (Wildman–Crippen LogP) is 2.91. The van der Waals surface area contributed by atoms with E-state index in [2.05, 4.69) is 22.3 Å². The SMILES string of the molecule is CCCCOCCCNC(=O)CCc1c(C)nc2cc(C)nn2c1C. The summed E-state index contributed by atoms with van der Waals surface area (Å²) in [6, 6.07) is 1.97. The second-order valence-corrected chi connectivity index (χ2v) is 6.49. The fourth-order valence-corrected chi connectivity index (χ4v) is 2.88. The van der Waals surface area contributed by atoms with Crippen LogP contribution in [0.2, 0.25) is 0 Å². The molecule has 0 atom stereocenters. The number of hydrogen-bond donors (Lipinski definition) is 1. The molecule has 2 aromatic heterocycles. The first kappa shape index (κ1) is 19.4. The topological polar surface area (TPSA) is 68.5 Å². The van der Waals surface area contributed by atoms with Crippen LogP contribution in [-0.2, 0) is 16.0 Å². The van der Waals surface area contributed by atoms with Crippen LogP contribution in [0.1, 0.15) is 55.3 Å². The van der Waals surface area contributed by atoms with E-state index in [1.165, 1.54) is 0 Å². The fraction of sp³-hybridized carbons (Fsp3) is 0.632. The first-order chi connectivity index (χ1) is 12.0. The summed E-state index contributed by atoms with van der Waals surface area (Å²) in [5, 5.41) is 7.43. The highest BCUT2D eigenvalue weighted by atomic mass is 16.5. The molecular weight excluding hydrogens is 316 g/mol. The molecule has 0 unspecified atom stereocenters. The largest absolute Gasteiger partial charge is 0.381 e. The van der Waals surface area contributed by atoms with Crippen molar-refractivity contribution in [3.8, 4) is 0 Å². The van der Waals surface area contributed by atoms with Gasteiger partial charge in [-0.1, -0.05) is 13.3 Å². The molecule has 2 aromatic rings. The van der Waals surface area contributed by atoms with Crippen molar-refractivity contribution in [1.29, 1.82) is 0 Å². The zero-order valence-electron chi connectivity index (χ0n) is 15.9. The van der Waals surface area contributed by atoms with E-state index in [1.807, 2.05) is 31.4 Å². The highest BCUT2D eigenvalue weighted by Gasteiger charge is 2.12. The van der Waals surface area contributed by atoms with Gasteiger partial charge in [-0.05, 0) is 45.6 Å². The van der Waals surface area contributed by atoms with Gasteiger partial charge in [-0.25, -0.2) is 9.50 Å². The lowest BCUT2D eigenvalue weighted by atomic mass is 10.1. The molecular formula is C19H30N4O2. The number of aryl methyl sites for hydroxylation is 3. The average Bonchev–Trinajstić information content (AvgIpc) is 2.94. The number of rotatable bonds is 10. The van der Waals surface area contributed by atoms with Gasteiger partial charge in [-0.3, -0.25) is 4.79 Å². The molecule has 138 valence electrons. The lowest BCUT2D eigenvalue weighted by molar-refractivity contribution is -0.121. The summed E-state index contributed by atoms with van der Waals surface area (Å²) in [6.45, 7) is 10.3. The number of ether oxygens (including phenoxy) is 1. The maximum Gasteiger partial charge on any atom is 0.220 e. The lowest BCUT2D eigenvalue weighted by Crippen LogP contribution is -2.25. The molecule has 2 rings (SSSR count). The number of carbonyl (C=O) groups excluding carboxylic acids is 1. The molecule has 6 heteroatoms. The van der Waals surface area contributed by atoms with E-state index in [0.717, 1.165) is 54.2 Å². The summed E-state index contributed by atoms with van der Waals surface area (Å²) in [5.41, 5.74) is 4.96. The molecule has 25 heavy (non-hydrogen) atoms. The second kappa shape index (κ2) is 9.51. The molecule has 0 aromatic carbocycles. The molecule has 6 nitrogen and oxygen atoms in total. The number of nitrogens with zero attached hydrogens (tertiary/aromatic N) is 3. The van der Waals surface area contributed by atoms with Gasteiger partial charge in [0.15, 0.2) is 5.65 Å². The minimum Gasteiger partial charge on any atom is -0.381 e. The monoisotopic (exact) mass is 346 g/mol. The highest BCUT2D eigenvalue weighted by Crippen LogP contribution is 2.16. The van der Waals surface area contributed by atoms with Crippen LogP contribution in [-0.4, -0.2) is 40.3 Å². The van der Waals surface area contributed by atoms with Crippen molar-refractivity contribution >= 4 is 11.6 Å². The molecule has 1 amide bonds. The zero-order chi connectivity index (χ0) is 18.2. The molecule has 0 bridgehead atoms. The Morgan fingerprint density at radius 2 is 2.00 bits per heavy atom. The van der Waals surface area contributed by atoms with Gasteiger partial charge in [0.1, 0.15) is 0 Å². The third-order valence-electron chi connectivity index (χ3n) is 4.32. The number of hydrogen-bond acceptors (Lipinski definition) is 4. The number of carbonyl (C=O) groups is 1. The summed E-state index contributed by atoms with van der Waals surface area (Å²) in [5.74, 6) is 0.0732. The maximum absolute atomic E-state index is 12.0. The number of fused-ring (bicyclic) bond motifs is 1. The van der Waals surface area contributed by atoms with Gasteiger partial charge in [0.25, 0.3) is 0 Å². The molecule has 0 radical (unpaired) electrons. The van der Waals surface area contributed by atoms with E-state index in [0.29, 0.717) is 26.0 Å². The van der Waals surface area contributed by atoms with Crippen molar-refractivity contribution in [2.75, 3.05) is 19.8 Å². The van der Waals surface area contributed by atoms with Gasteiger partial charge in [-0.15, -0.1) is 0 Å². The fourth-order valence-electron chi connectivity index (χ4n) is 2.88. The first-order valence-electron chi connectivity index (χ1n) is 9.19. The molecule has 2 heterocycles. The summed E-state index contributed by atoms with van der Waals surface area (Å²) in [4.78, 5) is 16.6. The van der Waals surface area contributed by atoms with Crippen LogP contribution in [0.5, 0.6) is 0 Å². The van der Waals surface area contributed by atoms with E-state index in [1.54, 1.807) is 0 Å². The standard InChI is InChI=1S/C19H30N4O2/c1-5-6-11-25-12-7-10-20-19(24)9-8-17-15(3)21-18-13-14(2)22-23(18)16(17)4/h13H,5-12H2,1-4H3,(H,20,24). The predicted molar refractivity (Wildman–Crippen MR) is 98.9 cm³/mol. The van der Waals surface area contributed by atoms with Crippen LogP contribution in [0.4, 0.5) is 0 Å². The zero-order valence-corrected chi connectivity index (χ0v) is 15.9. The summed E-state index contributed by atoms with van der Waals surface area (Å²) in [7, 11) is 0. The third kappa shape index (κ3) is 5.53. The Hall–Kier alpha value is -1.95. The number of unbranched alkanes of at least 4 members (excludes halogenated alkanes) is 1. The third-order valence-corrected chi connectivity index (χ3v) is 4.32. The van der Waals surface area contributed by atoms with Gasteiger partial charge in [0.05, 0.1) is 5.69 Å². The average molecular weight is 346 g/mol. The molecule has 0 aliphatic carbocycles. The highest BCUT2D eigenvalue weighted by molar-refractivity contribution is 5.76. The van der Waals surface area contributed by atoms with E-state index in [9.17, 15) is 4.79 Å². The Bertz CT molecular complexity index is 709. The van der Waals surface area contributed by atoms with Crippen LogP contribution in [0, 0.1) is 20.8 Å². The van der Waals surface area contributed by atoms with E-state index < -0.39 is 0 Å². The lowest BCUT2D eigenvalue weighted by Gasteiger charge is -2.11. The minimum atomic E-state index is 0.0732. The Labute approximate surface area is 150 Å². The maximum atomic E-state index is 12.0. The van der Waals surface area contributed by atoms with Gasteiger partial charge in [-0.2, -0.15) is 5.10 Å². The number of nitrogens with one attached hydrogen (secondary N) is 1. The summed E-state index contributed by atoms with van der Waals surface area (Å²) >= 11 is 0. The first-order valence-corrected chi connectivity index (χ1v) is 9.19. The van der Waals surface area contributed by atoms with Crippen LogP contribution in [0.25, 0.3) is 5.65 Å². The quantitative estimate of drug-likeness (QED) is 0.672. The van der Waals surface area contributed by atoms with E-state index in [-0.39, 0.29) is 5.91 Å².